The van der Waals surface area contributed by atoms with Crippen molar-refractivity contribution < 1.29 is 30.9 Å². The molecule has 8 heteroatoms. The first-order chi connectivity index (χ1) is 6.66. The van der Waals surface area contributed by atoms with Gasteiger partial charge in [0.05, 0.1) is 0 Å². The Morgan fingerprint density at radius 2 is 1.40 bits per heavy atom. The van der Waals surface area contributed by atoms with Crippen LogP contribution in [0, 0.1) is 0 Å². The number of rotatable bonds is 4. The lowest BCUT2D eigenvalue weighted by Crippen LogP contribution is -2.21. The maximum Gasteiger partial charge on any atom is 0.522 e. The van der Waals surface area contributed by atoms with Gasteiger partial charge in [-0.2, -0.15) is 21.6 Å². The average molecular weight is 252 g/mol. The van der Waals surface area contributed by atoms with Crippen molar-refractivity contribution in [2.45, 2.75) is 32.2 Å². The summed E-state index contributed by atoms with van der Waals surface area (Å²) >= 11 is 0. The predicted octanol–water partition coefficient (Wildman–Crippen LogP) is 2.22. The van der Waals surface area contributed by atoms with Gasteiger partial charge in [0.1, 0.15) is 0 Å². The van der Waals surface area contributed by atoms with Crippen LogP contribution < -0.4 is 0 Å². The van der Waals surface area contributed by atoms with Gasteiger partial charge in [0.15, 0.2) is 0 Å². The zero-order valence-corrected chi connectivity index (χ0v) is 9.36. The van der Waals surface area contributed by atoms with Crippen LogP contribution >= 0.6 is 0 Å². The summed E-state index contributed by atoms with van der Waals surface area (Å²) in [5, 5.41) is 0. The van der Waals surface area contributed by atoms with Gasteiger partial charge < -0.3 is 4.74 Å². The molecule has 0 rings (SSSR count). The molecule has 94 valence electrons. The van der Waals surface area contributed by atoms with Gasteiger partial charge in [-0.05, 0) is 12.8 Å². The van der Waals surface area contributed by atoms with Crippen molar-refractivity contribution in [3.63, 3.8) is 0 Å². The number of ether oxygens (including phenoxy) is 1. The lowest BCUT2D eigenvalue weighted by Gasteiger charge is -1.97. The van der Waals surface area contributed by atoms with Crippen LogP contribution in [0.15, 0.2) is 0 Å². The summed E-state index contributed by atoms with van der Waals surface area (Å²) in [5.74, 6) is 0. The Balaban J connectivity index is 0. The molecule has 0 amide bonds. The van der Waals surface area contributed by atoms with E-state index in [9.17, 15) is 13.2 Å². The fraction of sp³-hybridized carbons (Fsp3) is 1.00. The third-order valence-electron chi connectivity index (χ3n) is 0.989. The molecule has 1 N–H and O–H groups in total. The molecular weight excluding hydrogens is 237 g/mol. The molecular formula is C7H15F3O4S. The Kier molecular flexibility index (Phi) is 8.98. The molecule has 0 spiro atoms. The fourth-order valence-corrected chi connectivity index (χ4v) is 0.391. The maximum atomic E-state index is 10.7. The Bertz CT molecular complexity index is 231. The van der Waals surface area contributed by atoms with Crippen LogP contribution in [0.5, 0.6) is 0 Å². The minimum absolute atomic E-state index is 0.924. The van der Waals surface area contributed by atoms with Gasteiger partial charge in [-0.1, -0.05) is 13.8 Å². The monoisotopic (exact) mass is 252 g/mol. The maximum absolute atomic E-state index is 10.7. The molecule has 4 nitrogen and oxygen atoms in total. The zero-order valence-electron chi connectivity index (χ0n) is 8.54. The molecule has 0 aromatic heterocycles. The predicted molar refractivity (Wildman–Crippen MR) is 49.0 cm³/mol. The Morgan fingerprint density at radius 3 is 1.53 bits per heavy atom. The van der Waals surface area contributed by atoms with E-state index >= 15 is 0 Å². The summed E-state index contributed by atoms with van der Waals surface area (Å²) < 4.78 is 62.7. The van der Waals surface area contributed by atoms with E-state index in [0.717, 1.165) is 26.1 Å². The molecule has 0 unspecified atom stereocenters. The van der Waals surface area contributed by atoms with E-state index in [1.807, 2.05) is 0 Å². The van der Waals surface area contributed by atoms with Crippen molar-refractivity contribution in [2.75, 3.05) is 13.2 Å². The molecule has 0 aromatic carbocycles. The van der Waals surface area contributed by atoms with Gasteiger partial charge >= 0.3 is 15.6 Å². The minimum Gasteiger partial charge on any atom is -0.381 e. The van der Waals surface area contributed by atoms with Crippen LogP contribution in [-0.2, 0) is 14.9 Å². The zero-order chi connectivity index (χ0) is 12.5. The van der Waals surface area contributed by atoms with E-state index < -0.39 is 15.6 Å². The first kappa shape index (κ1) is 17.1. The van der Waals surface area contributed by atoms with E-state index in [0.29, 0.717) is 0 Å². The molecule has 0 saturated heterocycles. The lowest BCUT2D eigenvalue weighted by molar-refractivity contribution is -0.0510. The van der Waals surface area contributed by atoms with Crippen molar-refractivity contribution in [1.29, 1.82) is 0 Å². The Morgan fingerprint density at radius 1 is 1.13 bits per heavy atom. The van der Waals surface area contributed by atoms with Crippen LogP contribution in [0.1, 0.15) is 26.7 Å². The van der Waals surface area contributed by atoms with Gasteiger partial charge in [0.2, 0.25) is 0 Å². The van der Waals surface area contributed by atoms with E-state index in [1.165, 1.54) is 0 Å². The van der Waals surface area contributed by atoms with E-state index in [2.05, 4.69) is 13.8 Å². The normalized spacial score (nSPS) is 11.9. The van der Waals surface area contributed by atoms with E-state index in [1.54, 1.807) is 0 Å². The summed E-state index contributed by atoms with van der Waals surface area (Å²) in [4.78, 5) is 0. The number of alkyl halides is 3. The molecule has 15 heavy (non-hydrogen) atoms. The summed E-state index contributed by atoms with van der Waals surface area (Å²) in [6, 6.07) is 0. The minimum atomic E-state index is -5.84. The van der Waals surface area contributed by atoms with Crippen LogP contribution in [0.25, 0.3) is 0 Å². The SMILES string of the molecule is CCCOCCC.O=S(=O)(O)C(F)(F)F. The van der Waals surface area contributed by atoms with Crippen molar-refractivity contribution in [3.05, 3.63) is 0 Å². The van der Waals surface area contributed by atoms with Crippen LogP contribution in [-0.4, -0.2) is 31.7 Å². The summed E-state index contributed by atoms with van der Waals surface area (Å²) in [7, 11) is -5.84. The van der Waals surface area contributed by atoms with Gasteiger partial charge in [-0.25, -0.2) is 0 Å². The molecule has 0 aromatic rings. The highest BCUT2D eigenvalue weighted by atomic mass is 32.2. The molecule has 0 atom stereocenters. The van der Waals surface area contributed by atoms with E-state index in [-0.39, 0.29) is 0 Å². The molecule has 0 radical (unpaired) electrons. The largest absolute Gasteiger partial charge is 0.522 e. The Labute approximate surface area is 87.2 Å². The van der Waals surface area contributed by atoms with Crippen molar-refractivity contribution in [3.8, 4) is 0 Å². The smallest absolute Gasteiger partial charge is 0.381 e. The number of hydrogen-bond acceptors (Lipinski definition) is 3. The fourth-order valence-electron chi connectivity index (χ4n) is 0.391. The second kappa shape index (κ2) is 7.89. The third-order valence-corrected chi connectivity index (χ3v) is 1.57. The topological polar surface area (TPSA) is 63.6 Å². The quantitative estimate of drug-likeness (QED) is 0.473. The van der Waals surface area contributed by atoms with Crippen LogP contribution in [0.2, 0.25) is 0 Å². The highest BCUT2D eigenvalue weighted by Crippen LogP contribution is 2.20. The molecule has 0 saturated carbocycles. The summed E-state index contributed by atoms with van der Waals surface area (Å²) in [6.07, 6.45) is 2.28. The van der Waals surface area contributed by atoms with Gasteiger partial charge in [-0.15, -0.1) is 0 Å². The van der Waals surface area contributed by atoms with Crippen molar-refractivity contribution in [2.24, 2.45) is 0 Å². The number of hydrogen-bond donors (Lipinski definition) is 1. The molecule has 0 fully saturated rings. The molecule has 0 heterocycles. The van der Waals surface area contributed by atoms with Crippen molar-refractivity contribution in [1.82, 2.24) is 0 Å². The second-order valence-electron chi connectivity index (χ2n) is 2.53. The lowest BCUT2D eigenvalue weighted by atomic mass is 10.5. The van der Waals surface area contributed by atoms with Crippen LogP contribution in [0.3, 0.4) is 0 Å². The molecule has 0 bridgehead atoms. The van der Waals surface area contributed by atoms with Gasteiger partial charge in [0, 0.05) is 13.2 Å². The standard InChI is InChI=1S/C6H14O.CHF3O3S/c1-3-5-7-6-4-2;2-1(3,4)8(5,6)7/h3-6H2,1-2H3;(H,5,6,7). The van der Waals surface area contributed by atoms with Crippen molar-refractivity contribution >= 4 is 10.1 Å². The third kappa shape index (κ3) is 11.6. The van der Waals surface area contributed by atoms with Gasteiger partial charge in [0.25, 0.3) is 0 Å². The van der Waals surface area contributed by atoms with Crippen LogP contribution in [0.4, 0.5) is 13.2 Å². The highest BCUT2D eigenvalue weighted by Gasteiger charge is 2.44. The average Bonchev–Trinajstić information content (AvgIpc) is 2.03. The first-order valence-electron chi connectivity index (χ1n) is 4.28. The Hall–Kier alpha value is -0.340. The summed E-state index contributed by atoms with van der Waals surface area (Å²) in [5.41, 5.74) is -5.53. The van der Waals surface area contributed by atoms with Gasteiger partial charge in [-0.3, -0.25) is 4.55 Å². The highest BCUT2D eigenvalue weighted by molar-refractivity contribution is 7.86. The molecule has 0 aliphatic carbocycles. The number of halogens is 3. The second-order valence-corrected chi connectivity index (χ2v) is 3.95. The summed E-state index contributed by atoms with van der Waals surface area (Å²) in [6.45, 7) is 6.09. The molecule has 0 aliphatic heterocycles. The van der Waals surface area contributed by atoms with E-state index in [4.69, 9.17) is 17.7 Å². The first-order valence-corrected chi connectivity index (χ1v) is 5.72. The molecule has 0 aliphatic rings.